The number of hydrogen-bond donors (Lipinski definition) is 0. The fourth-order valence-electron chi connectivity index (χ4n) is 10.8. The van der Waals surface area contributed by atoms with E-state index < -0.39 is 0 Å². The summed E-state index contributed by atoms with van der Waals surface area (Å²) in [5.74, 6) is 1.10. The Bertz CT molecular complexity index is 1440. The molecule has 4 heteroatoms. The normalized spacial score (nSPS) is 45.3. The first-order valence-electron chi connectivity index (χ1n) is 15.6. The number of fused-ring (bicyclic) bond motifs is 2. The van der Waals surface area contributed by atoms with Crippen molar-refractivity contribution in [3.8, 4) is 0 Å². The average molecular weight is 524 g/mol. The molecule has 2 aromatic rings. The Morgan fingerprint density at radius 1 is 0.974 bits per heavy atom. The molecule has 3 aliphatic carbocycles. The molecular weight excluding hydrogens is 482 g/mol. The molecule has 39 heavy (non-hydrogen) atoms. The van der Waals surface area contributed by atoms with Crippen molar-refractivity contribution in [3.63, 3.8) is 0 Å². The predicted molar refractivity (Wildman–Crippen MR) is 153 cm³/mol. The van der Waals surface area contributed by atoms with E-state index in [1.54, 1.807) is 0 Å². The molecule has 1 unspecified atom stereocenters. The Labute approximate surface area is 232 Å². The molecule has 0 amide bonds. The second-order valence-electron chi connectivity index (χ2n) is 14.8. The Balaban J connectivity index is 1.04. The molecule has 4 heterocycles. The number of nitrogens with zero attached hydrogens (tertiary/aromatic N) is 1. The quantitative estimate of drug-likeness (QED) is 0.309. The van der Waals surface area contributed by atoms with Gasteiger partial charge >= 0.3 is 0 Å². The van der Waals surface area contributed by atoms with E-state index >= 15 is 0 Å². The summed E-state index contributed by atoms with van der Waals surface area (Å²) in [4.78, 5) is 0. The molecule has 7 atom stereocenters. The first-order chi connectivity index (χ1) is 18.9. The number of rotatable bonds is 2. The topological polar surface area (TPSA) is 41.5 Å². The lowest BCUT2D eigenvalue weighted by atomic mass is 9.58. The highest BCUT2D eigenvalue weighted by atomic mass is 16.6. The van der Waals surface area contributed by atoms with Gasteiger partial charge in [0.15, 0.2) is 0 Å². The average Bonchev–Trinajstić information content (AvgIpc) is 3.58. The molecule has 2 bridgehead atoms. The first kappa shape index (κ1) is 23.7. The first-order valence-corrected chi connectivity index (χ1v) is 15.6. The molecule has 3 saturated heterocycles. The minimum absolute atomic E-state index is 0.00261. The molecule has 3 spiro atoms. The maximum absolute atomic E-state index is 14.2. The van der Waals surface area contributed by atoms with Crippen molar-refractivity contribution in [1.29, 1.82) is 0 Å². The maximum atomic E-state index is 14.2. The molecule has 9 rings (SSSR count). The molecule has 4 aliphatic heterocycles. The van der Waals surface area contributed by atoms with Crippen LogP contribution in [0, 0.1) is 22.0 Å². The van der Waals surface area contributed by atoms with Crippen LogP contribution < -0.4 is 0 Å². The van der Waals surface area contributed by atoms with E-state index in [0.717, 1.165) is 71.2 Å². The van der Waals surface area contributed by atoms with Crippen molar-refractivity contribution in [2.75, 3.05) is 26.3 Å². The third-order valence-corrected chi connectivity index (χ3v) is 12.9. The summed E-state index contributed by atoms with van der Waals surface area (Å²) in [5.41, 5.74) is 4.48. The van der Waals surface area contributed by atoms with Crippen molar-refractivity contribution in [3.05, 3.63) is 76.5 Å². The lowest BCUT2D eigenvalue weighted by molar-refractivity contribution is -0.899. The zero-order chi connectivity index (χ0) is 26.1. The van der Waals surface area contributed by atoms with Gasteiger partial charge in [0.2, 0.25) is 0 Å². The predicted octanol–water partition coefficient (Wildman–Crippen LogP) is 7.19. The smallest absolute Gasteiger partial charge is 0.0975 e. The van der Waals surface area contributed by atoms with Gasteiger partial charge in [-0.15, -0.1) is 0 Å². The van der Waals surface area contributed by atoms with Crippen LogP contribution in [-0.2, 0) is 9.47 Å². The fourth-order valence-corrected chi connectivity index (χ4v) is 10.8. The van der Waals surface area contributed by atoms with E-state index in [-0.39, 0.29) is 32.7 Å². The zero-order valence-electron chi connectivity index (χ0n) is 23.3. The van der Waals surface area contributed by atoms with Gasteiger partial charge in [-0.25, -0.2) is 0 Å². The second kappa shape index (κ2) is 7.64. The lowest BCUT2D eigenvalue weighted by Crippen LogP contribution is -2.59. The summed E-state index contributed by atoms with van der Waals surface area (Å²) in [6.07, 6.45) is 15.0. The van der Waals surface area contributed by atoms with Crippen LogP contribution in [0.2, 0.25) is 0 Å². The largest absolute Gasteiger partial charge is 0.633 e. The summed E-state index contributed by atoms with van der Waals surface area (Å²) in [7, 11) is 0. The van der Waals surface area contributed by atoms with Crippen LogP contribution in [0.5, 0.6) is 0 Å². The van der Waals surface area contributed by atoms with Gasteiger partial charge in [0.1, 0.15) is 0 Å². The van der Waals surface area contributed by atoms with Crippen molar-refractivity contribution < 1.29 is 14.1 Å². The maximum Gasteiger partial charge on any atom is 0.0975 e. The molecule has 0 aromatic heterocycles. The van der Waals surface area contributed by atoms with Crippen LogP contribution in [0.15, 0.2) is 65.8 Å². The van der Waals surface area contributed by atoms with Crippen molar-refractivity contribution in [1.82, 2.24) is 0 Å². The minimum atomic E-state index is -0.207. The summed E-state index contributed by atoms with van der Waals surface area (Å²) in [6.45, 7) is 5.69. The molecule has 2 saturated carbocycles. The summed E-state index contributed by atoms with van der Waals surface area (Å²) < 4.78 is 13.1. The van der Waals surface area contributed by atoms with Crippen LogP contribution in [0.25, 0.3) is 10.8 Å². The molecule has 2 aromatic carbocycles. The minimum Gasteiger partial charge on any atom is -0.633 e. The summed E-state index contributed by atoms with van der Waals surface area (Å²) in [5, 5.41) is 16.9. The highest BCUT2D eigenvalue weighted by molar-refractivity contribution is 5.83. The van der Waals surface area contributed by atoms with Crippen LogP contribution >= 0.6 is 0 Å². The molecule has 204 valence electrons. The number of hydroxylamine groups is 3. The van der Waals surface area contributed by atoms with Crippen molar-refractivity contribution in [2.24, 2.45) is 16.7 Å². The molecule has 0 N–H and O–H groups in total. The Morgan fingerprint density at radius 3 is 2.67 bits per heavy atom. The molecule has 4 nitrogen and oxygen atoms in total. The van der Waals surface area contributed by atoms with Crippen LogP contribution in [0.1, 0.15) is 76.2 Å². The van der Waals surface area contributed by atoms with Gasteiger partial charge in [0.25, 0.3) is 0 Å². The number of benzene rings is 2. The number of quaternary nitrogens is 1. The van der Waals surface area contributed by atoms with Crippen molar-refractivity contribution in [2.45, 2.75) is 87.9 Å². The lowest BCUT2D eigenvalue weighted by Gasteiger charge is -2.57. The van der Waals surface area contributed by atoms with Gasteiger partial charge < -0.3 is 19.3 Å². The molecule has 7 aliphatic rings. The summed E-state index contributed by atoms with van der Waals surface area (Å²) in [6, 6.07) is 16.1. The van der Waals surface area contributed by atoms with Gasteiger partial charge in [-0.3, -0.25) is 0 Å². The van der Waals surface area contributed by atoms with E-state index in [1.807, 2.05) is 0 Å². The van der Waals surface area contributed by atoms with Gasteiger partial charge in [0, 0.05) is 19.3 Å². The Kier molecular flexibility index (Phi) is 4.64. The fraction of sp³-hybridized carbons (Fsp3) is 0.600. The highest BCUT2D eigenvalue weighted by Crippen LogP contribution is 2.69. The van der Waals surface area contributed by atoms with Gasteiger partial charge in [-0.2, -0.15) is 0 Å². The van der Waals surface area contributed by atoms with E-state index in [2.05, 4.69) is 61.5 Å². The third-order valence-electron chi connectivity index (χ3n) is 12.9. The van der Waals surface area contributed by atoms with Crippen LogP contribution in [0.4, 0.5) is 0 Å². The molecule has 5 fully saturated rings. The molecule has 0 radical (unpaired) electrons. The van der Waals surface area contributed by atoms with Gasteiger partial charge in [-0.05, 0) is 83.3 Å². The van der Waals surface area contributed by atoms with E-state index in [4.69, 9.17) is 9.47 Å². The van der Waals surface area contributed by atoms with Crippen molar-refractivity contribution >= 4 is 10.8 Å². The summed E-state index contributed by atoms with van der Waals surface area (Å²) >= 11 is 0. The Morgan fingerprint density at radius 2 is 1.85 bits per heavy atom. The number of allylic oxidation sites excluding steroid dienone is 1. The van der Waals surface area contributed by atoms with Crippen LogP contribution in [0.3, 0.4) is 0 Å². The highest BCUT2D eigenvalue weighted by Gasteiger charge is 2.67. The second-order valence-corrected chi connectivity index (χ2v) is 14.8. The van der Waals surface area contributed by atoms with Gasteiger partial charge in [0.05, 0.1) is 49.0 Å². The monoisotopic (exact) mass is 523 g/mol. The third kappa shape index (κ3) is 3.04. The van der Waals surface area contributed by atoms with E-state index in [1.165, 1.54) is 40.3 Å². The Hall–Kier alpha value is -1.98. The zero-order valence-corrected chi connectivity index (χ0v) is 23.3. The molecular formula is C35H41NO3. The number of likely N-dealkylation sites (tertiary alicyclic amines) is 1. The number of hydrogen-bond acceptors (Lipinski definition) is 3. The standard InChI is InChI=1S/C35H41NO3/c1-32-13-12-28-19-27-8-9-29(36(37)17-16-33(21-36)22-38-23-33)20-34(27)14-15-35(28,39-34)31(32)11-10-30(32)26-7-6-24-4-2-3-5-25(24)18-26/h2-7,12,18-19,29-31H,8-11,13-17,20-23H2,1H3/t29-,30+,31+,32+,34+,35+,36?/m0/s1. The van der Waals surface area contributed by atoms with E-state index in [9.17, 15) is 5.21 Å². The van der Waals surface area contributed by atoms with Gasteiger partial charge in [-0.1, -0.05) is 61.5 Å². The van der Waals surface area contributed by atoms with E-state index in [0.29, 0.717) is 11.8 Å². The number of ether oxygens (including phenoxy) is 2. The van der Waals surface area contributed by atoms with Crippen LogP contribution in [-0.4, -0.2) is 48.2 Å². The SMILES string of the molecule is C[C@]12CC=C3C=C4CC[C@H]([N+]5([O-])CCC6(COC6)C5)C[C@]45CC[C@]3(O5)[C@@H]1CC[C@@H]2c1ccc2ccccc2c1.